The molecule has 86 valence electrons. The lowest BCUT2D eigenvalue weighted by molar-refractivity contribution is 0.440. The molecule has 0 aromatic carbocycles. The third-order valence-corrected chi connectivity index (χ3v) is 5.92. The van der Waals surface area contributed by atoms with Gasteiger partial charge < -0.3 is 0 Å². The van der Waals surface area contributed by atoms with E-state index in [1.165, 1.54) is 11.3 Å². The fourth-order valence-electron chi connectivity index (χ4n) is 0.928. The summed E-state index contributed by atoms with van der Waals surface area (Å²) in [5.74, 6) is 0. The van der Waals surface area contributed by atoms with E-state index in [1.807, 2.05) is 20.8 Å². The molecule has 6 heteroatoms. The van der Waals surface area contributed by atoms with Crippen LogP contribution in [0.15, 0.2) is 20.1 Å². The van der Waals surface area contributed by atoms with Crippen LogP contribution in [0.4, 0.5) is 0 Å². The Hall–Kier alpha value is 0.0900. The maximum atomic E-state index is 11.9. The zero-order valence-electron chi connectivity index (χ0n) is 8.87. The van der Waals surface area contributed by atoms with Crippen molar-refractivity contribution in [3.05, 3.63) is 15.9 Å². The molecule has 0 bridgehead atoms. The Kier molecular flexibility index (Phi) is 3.97. The van der Waals surface area contributed by atoms with E-state index in [0.717, 1.165) is 10.2 Å². The maximum absolute atomic E-state index is 11.9. The Balaban J connectivity index is 2.95. The minimum Gasteiger partial charge on any atom is -0.206 e. The summed E-state index contributed by atoms with van der Waals surface area (Å²) < 4.78 is 27.6. The normalized spacial score (nSPS) is 13.1. The maximum Gasteiger partial charge on any atom is 0.250 e. The number of nitrogens with one attached hydrogen (secondary N) is 1. The smallest absolute Gasteiger partial charge is 0.206 e. The van der Waals surface area contributed by atoms with E-state index < -0.39 is 15.6 Å². The second-order valence-electron chi connectivity index (χ2n) is 3.90. The Morgan fingerprint density at radius 1 is 1.47 bits per heavy atom. The lowest BCUT2D eigenvalue weighted by Crippen LogP contribution is -2.42. The lowest BCUT2D eigenvalue weighted by atomic mass is 10.0. The SMILES string of the molecule is CCC(C)(C)NS(=O)(=O)c1ccc(Br)s1. The monoisotopic (exact) mass is 311 g/mol. The molecule has 1 N–H and O–H groups in total. The molecule has 15 heavy (non-hydrogen) atoms. The van der Waals surface area contributed by atoms with Gasteiger partial charge in [-0.15, -0.1) is 11.3 Å². The number of rotatable bonds is 4. The first-order valence-corrected chi connectivity index (χ1v) is 7.65. The van der Waals surface area contributed by atoms with E-state index in [4.69, 9.17) is 0 Å². The summed E-state index contributed by atoms with van der Waals surface area (Å²) in [7, 11) is -3.37. The molecule has 0 saturated carbocycles. The molecule has 1 heterocycles. The third kappa shape index (κ3) is 3.55. The van der Waals surface area contributed by atoms with Gasteiger partial charge in [0.25, 0.3) is 10.0 Å². The van der Waals surface area contributed by atoms with Gasteiger partial charge in [-0.2, -0.15) is 0 Å². The van der Waals surface area contributed by atoms with Gasteiger partial charge in [0.15, 0.2) is 0 Å². The number of sulfonamides is 1. The van der Waals surface area contributed by atoms with Crippen LogP contribution in [0.3, 0.4) is 0 Å². The highest BCUT2D eigenvalue weighted by molar-refractivity contribution is 9.11. The topological polar surface area (TPSA) is 46.2 Å². The van der Waals surface area contributed by atoms with Gasteiger partial charge in [0.05, 0.1) is 3.79 Å². The van der Waals surface area contributed by atoms with Crippen LogP contribution < -0.4 is 4.72 Å². The van der Waals surface area contributed by atoms with Crippen LogP contribution >= 0.6 is 27.3 Å². The molecule has 0 spiro atoms. The number of hydrogen-bond acceptors (Lipinski definition) is 3. The van der Waals surface area contributed by atoms with Crippen LogP contribution in [0.1, 0.15) is 27.2 Å². The second kappa shape index (κ2) is 4.53. The summed E-state index contributed by atoms with van der Waals surface area (Å²) in [5, 5.41) is 0. The van der Waals surface area contributed by atoms with Crippen molar-refractivity contribution in [2.45, 2.75) is 36.9 Å². The molecule has 0 aliphatic rings. The molecule has 1 rings (SSSR count). The summed E-state index contributed by atoms with van der Waals surface area (Å²) in [4.78, 5) is 0. The molecule has 1 aromatic heterocycles. The lowest BCUT2D eigenvalue weighted by Gasteiger charge is -2.23. The van der Waals surface area contributed by atoms with Crippen molar-refractivity contribution >= 4 is 37.3 Å². The number of hydrogen-bond donors (Lipinski definition) is 1. The van der Waals surface area contributed by atoms with Crippen molar-refractivity contribution < 1.29 is 8.42 Å². The fourth-order valence-corrected chi connectivity index (χ4v) is 4.42. The minimum absolute atomic E-state index is 0.343. The molecule has 0 radical (unpaired) electrons. The van der Waals surface area contributed by atoms with Crippen LogP contribution in [0.25, 0.3) is 0 Å². The van der Waals surface area contributed by atoms with Gasteiger partial charge in [-0.05, 0) is 48.3 Å². The van der Waals surface area contributed by atoms with Crippen LogP contribution in [0, 0.1) is 0 Å². The predicted molar refractivity (Wildman–Crippen MR) is 66.7 cm³/mol. The van der Waals surface area contributed by atoms with Gasteiger partial charge in [-0.25, -0.2) is 13.1 Å². The summed E-state index contributed by atoms with van der Waals surface area (Å²) in [6, 6.07) is 3.33. The molecular weight excluding hydrogens is 298 g/mol. The highest BCUT2D eigenvalue weighted by atomic mass is 79.9. The molecule has 0 saturated heterocycles. The Bertz CT molecular complexity index is 437. The summed E-state index contributed by atoms with van der Waals surface area (Å²) in [5.41, 5.74) is -0.407. The van der Waals surface area contributed by atoms with Gasteiger partial charge in [0.1, 0.15) is 4.21 Å². The zero-order chi connectivity index (χ0) is 11.7. The van der Waals surface area contributed by atoms with Crippen molar-refractivity contribution in [3.8, 4) is 0 Å². The average Bonchev–Trinajstić information content (AvgIpc) is 2.51. The Labute approximate surface area is 103 Å². The van der Waals surface area contributed by atoms with Crippen LogP contribution in [-0.2, 0) is 10.0 Å². The second-order valence-corrected chi connectivity index (χ2v) is 8.27. The summed E-state index contributed by atoms with van der Waals surface area (Å²) in [6.45, 7) is 5.69. The molecule has 0 aliphatic carbocycles. The molecule has 0 atom stereocenters. The van der Waals surface area contributed by atoms with Crippen LogP contribution in [0.2, 0.25) is 0 Å². The molecule has 1 aromatic rings. The quantitative estimate of drug-likeness (QED) is 0.929. The summed E-state index contributed by atoms with van der Waals surface area (Å²) >= 11 is 4.46. The van der Waals surface area contributed by atoms with E-state index in [0.29, 0.717) is 4.21 Å². The first-order valence-electron chi connectivity index (χ1n) is 4.56. The first-order chi connectivity index (χ1) is 6.77. The van der Waals surface area contributed by atoms with Crippen molar-refractivity contribution in [1.29, 1.82) is 0 Å². The summed E-state index contributed by atoms with van der Waals surface area (Å²) in [6.07, 6.45) is 0.749. The van der Waals surface area contributed by atoms with Crippen molar-refractivity contribution in [2.24, 2.45) is 0 Å². The van der Waals surface area contributed by atoms with E-state index in [9.17, 15) is 8.42 Å². The zero-order valence-corrected chi connectivity index (χ0v) is 12.1. The van der Waals surface area contributed by atoms with Crippen molar-refractivity contribution in [3.63, 3.8) is 0 Å². The average molecular weight is 312 g/mol. The minimum atomic E-state index is -3.37. The van der Waals surface area contributed by atoms with Gasteiger partial charge in [-0.1, -0.05) is 6.92 Å². The first kappa shape index (κ1) is 13.2. The molecular formula is C9H14BrNO2S2. The van der Waals surface area contributed by atoms with Crippen molar-refractivity contribution in [2.75, 3.05) is 0 Å². The highest BCUT2D eigenvalue weighted by Crippen LogP contribution is 2.27. The largest absolute Gasteiger partial charge is 0.250 e. The van der Waals surface area contributed by atoms with Gasteiger partial charge in [-0.3, -0.25) is 0 Å². The highest BCUT2D eigenvalue weighted by Gasteiger charge is 2.25. The van der Waals surface area contributed by atoms with E-state index in [-0.39, 0.29) is 0 Å². The fraction of sp³-hybridized carbons (Fsp3) is 0.556. The predicted octanol–water partition coefficient (Wildman–Crippen LogP) is 2.98. The number of halogens is 1. The van der Waals surface area contributed by atoms with E-state index in [2.05, 4.69) is 20.7 Å². The molecule has 0 amide bonds. The molecule has 0 unspecified atom stereocenters. The van der Waals surface area contributed by atoms with Crippen LogP contribution in [-0.4, -0.2) is 14.0 Å². The van der Waals surface area contributed by atoms with E-state index >= 15 is 0 Å². The third-order valence-electron chi connectivity index (χ3n) is 2.11. The Morgan fingerprint density at radius 3 is 2.47 bits per heavy atom. The van der Waals surface area contributed by atoms with E-state index in [1.54, 1.807) is 12.1 Å². The number of thiophene rings is 1. The standard InChI is InChI=1S/C9H14BrNO2S2/c1-4-9(2,3)11-15(12,13)8-6-5-7(10)14-8/h5-6,11H,4H2,1-3H3. The van der Waals surface area contributed by atoms with Gasteiger partial charge in [0.2, 0.25) is 0 Å². The molecule has 0 fully saturated rings. The van der Waals surface area contributed by atoms with Gasteiger partial charge in [0, 0.05) is 5.54 Å². The molecule has 3 nitrogen and oxygen atoms in total. The Morgan fingerprint density at radius 2 is 2.07 bits per heavy atom. The molecule has 0 aliphatic heterocycles. The van der Waals surface area contributed by atoms with Crippen molar-refractivity contribution in [1.82, 2.24) is 4.72 Å². The van der Waals surface area contributed by atoms with Gasteiger partial charge >= 0.3 is 0 Å². The van der Waals surface area contributed by atoms with Crippen LogP contribution in [0.5, 0.6) is 0 Å².